The van der Waals surface area contributed by atoms with Crippen LogP contribution in [0.4, 0.5) is 14.5 Å². The van der Waals surface area contributed by atoms with Crippen molar-refractivity contribution in [2.24, 2.45) is 7.05 Å². The molecule has 0 saturated carbocycles. The molecule has 18 heavy (non-hydrogen) atoms. The summed E-state index contributed by atoms with van der Waals surface area (Å²) in [7, 11) is 1.74. The Kier molecular flexibility index (Phi) is 3.24. The standard InChI is InChI=1S/C12H10F2N4/c1-18-7-9(5-17-18)16-6-10-11(13)2-8(4-15)3-12(10)14/h2-3,5,7,16H,6H2,1H3. The molecule has 0 aliphatic carbocycles. The van der Waals surface area contributed by atoms with Crippen LogP contribution in [-0.2, 0) is 13.6 Å². The quantitative estimate of drug-likeness (QED) is 0.905. The first-order valence-electron chi connectivity index (χ1n) is 5.20. The normalized spacial score (nSPS) is 10.1. The zero-order valence-electron chi connectivity index (χ0n) is 9.61. The summed E-state index contributed by atoms with van der Waals surface area (Å²) in [5.74, 6) is -1.47. The van der Waals surface area contributed by atoms with E-state index in [1.165, 1.54) is 0 Å². The van der Waals surface area contributed by atoms with E-state index in [1.54, 1.807) is 30.2 Å². The van der Waals surface area contributed by atoms with Crippen molar-refractivity contribution in [2.45, 2.75) is 6.54 Å². The van der Waals surface area contributed by atoms with Crippen molar-refractivity contribution in [3.63, 3.8) is 0 Å². The van der Waals surface area contributed by atoms with Crippen LogP contribution in [0.15, 0.2) is 24.5 Å². The Morgan fingerprint density at radius 3 is 2.56 bits per heavy atom. The predicted molar refractivity (Wildman–Crippen MR) is 61.6 cm³/mol. The number of halogens is 2. The van der Waals surface area contributed by atoms with Crippen molar-refractivity contribution in [3.05, 3.63) is 47.3 Å². The Balaban J connectivity index is 2.17. The molecule has 2 rings (SSSR count). The summed E-state index contributed by atoms with van der Waals surface area (Å²) in [5, 5.41) is 15.4. The molecule has 4 nitrogen and oxygen atoms in total. The monoisotopic (exact) mass is 248 g/mol. The highest BCUT2D eigenvalue weighted by atomic mass is 19.1. The maximum atomic E-state index is 13.6. The molecule has 1 heterocycles. The SMILES string of the molecule is Cn1cc(NCc2c(F)cc(C#N)cc2F)cn1. The van der Waals surface area contributed by atoms with Crippen molar-refractivity contribution in [3.8, 4) is 6.07 Å². The van der Waals surface area contributed by atoms with Crippen LogP contribution in [0.25, 0.3) is 0 Å². The van der Waals surface area contributed by atoms with E-state index in [-0.39, 0.29) is 17.7 Å². The molecule has 0 atom stereocenters. The van der Waals surface area contributed by atoms with Gasteiger partial charge in [0.25, 0.3) is 0 Å². The lowest BCUT2D eigenvalue weighted by Gasteiger charge is -2.06. The molecule has 0 bridgehead atoms. The number of nitrogens with zero attached hydrogens (tertiary/aromatic N) is 3. The largest absolute Gasteiger partial charge is 0.378 e. The summed E-state index contributed by atoms with van der Waals surface area (Å²) in [6, 6.07) is 3.73. The van der Waals surface area contributed by atoms with E-state index in [2.05, 4.69) is 10.4 Å². The molecule has 0 aliphatic rings. The summed E-state index contributed by atoms with van der Waals surface area (Å²) >= 11 is 0. The van der Waals surface area contributed by atoms with E-state index < -0.39 is 11.6 Å². The lowest BCUT2D eigenvalue weighted by atomic mass is 10.1. The van der Waals surface area contributed by atoms with Gasteiger partial charge in [-0.05, 0) is 12.1 Å². The average molecular weight is 248 g/mol. The van der Waals surface area contributed by atoms with Gasteiger partial charge in [0.2, 0.25) is 0 Å². The number of nitriles is 1. The highest BCUT2D eigenvalue weighted by Crippen LogP contribution is 2.16. The van der Waals surface area contributed by atoms with Gasteiger partial charge in [0, 0.05) is 25.4 Å². The number of nitrogens with one attached hydrogen (secondary N) is 1. The maximum Gasteiger partial charge on any atom is 0.132 e. The Morgan fingerprint density at radius 2 is 2.06 bits per heavy atom. The van der Waals surface area contributed by atoms with Gasteiger partial charge >= 0.3 is 0 Å². The predicted octanol–water partition coefficient (Wildman–Crippen LogP) is 2.18. The molecule has 1 N–H and O–H groups in total. The lowest BCUT2D eigenvalue weighted by Crippen LogP contribution is -2.04. The van der Waals surface area contributed by atoms with Crippen molar-refractivity contribution in [2.75, 3.05) is 5.32 Å². The van der Waals surface area contributed by atoms with E-state index in [4.69, 9.17) is 5.26 Å². The third-order valence-electron chi connectivity index (χ3n) is 2.44. The summed E-state index contributed by atoms with van der Waals surface area (Å²) in [6.07, 6.45) is 3.25. The molecule has 0 radical (unpaired) electrons. The molecule has 0 saturated heterocycles. The minimum atomic E-state index is -0.733. The van der Waals surface area contributed by atoms with E-state index in [0.29, 0.717) is 5.69 Å². The molecule has 6 heteroatoms. The Labute approximate surface area is 102 Å². The van der Waals surface area contributed by atoms with Gasteiger partial charge in [-0.25, -0.2) is 8.78 Å². The zero-order valence-corrected chi connectivity index (χ0v) is 9.61. The number of hydrogen-bond acceptors (Lipinski definition) is 3. The number of hydrogen-bond donors (Lipinski definition) is 1. The number of rotatable bonds is 3. The van der Waals surface area contributed by atoms with Gasteiger partial charge in [-0.2, -0.15) is 10.4 Å². The minimum absolute atomic E-state index is 0.00489. The Bertz CT molecular complexity index is 590. The van der Waals surface area contributed by atoms with Crippen LogP contribution in [-0.4, -0.2) is 9.78 Å². The third-order valence-corrected chi connectivity index (χ3v) is 2.44. The molecule has 0 fully saturated rings. The molecule has 0 unspecified atom stereocenters. The van der Waals surface area contributed by atoms with Crippen LogP contribution < -0.4 is 5.32 Å². The maximum absolute atomic E-state index is 13.6. The lowest BCUT2D eigenvalue weighted by molar-refractivity contribution is 0.559. The zero-order chi connectivity index (χ0) is 13.1. The molecule has 0 amide bonds. The summed E-state index contributed by atoms with van der Waals surface area (Å²) in [6.45, 7) is -0.00489. The first-order valence-corrected chi connectivity index (χ1v) is 5.20. The van der Waals surface area contributed by atoms with Gasteiger partial charge in [0.1, 0.15) is 11.6 Å². The average Bonchev–Trinajstić information content (AvgIpc) is 2.73. The topological polar surface area (TPSA) is 53.6 Å². The molecular formula is C12H10F2N4. The van der Waals surface area contributed by atoms with E-state index in [9.17, 15) is 8.78 Å². The number of aryl methyl sites for hydroxylation is 1. The van der Waals surface area contributed by atoms with Gasteiger partial charge in [-0.1, -0.05) is 0 Å². The fraction of sp³-hybridized carbons (Fsp3) is 0.167. The van der Waals surface area contributed by atoms with Crippen LogP contribution in [0.5, 0.6) is 0 Å². The Hall–Kier alpha value is -2.42. The van der Waals surface area contributed by atoms with Crippen molar-refractivity contribution < 1.29 is 8.78 Å². The summed E-state index contributed by atoms with van der Waals surface area (Å²) in [4.78, 5) is 0. The molecule has 0 aliphatic heterocycles. The number of benzene rings is 1. The molecule has 1 aromatic carbocycles. The van der Waals surface area contributed by atoms with Crippen LogP contribution in [0.3, 0.4) is 0 Å². The number of aromatic nitrogens is 2. The van der Waals surface area contributed by atoms with Gasteiger partial charge in [0.15, 0.2) is 0 Å². The first kappa shape index (κ1) is 12.0. The van der Waals surface area contributed by atoms with E-state index in [1.807, 2.05) is 0 Å². The fourth-order valence-corrected chi connectivity index (χ4v) is 1.54. The van der Waals surface area contributed by atoms with E-state index >= 15 is 0 Å². The highest BCUT2D eigenvalue weighted by molar-refractivity contribution is 5.41. The fourth-order valence-electron chi connectivity index (χ4n) is 1.54. The summed E-state index contributed by atoms with van der Waals surface area (Å²) < 4.78 is 28.7. The van der Waals surface area contributed by atoms with Crippen LogP contribution in [0, 0.1) is 23.0 Å². The van der Waals surface area contributed by atoms with Gasteiger partial charge in [0.05, 0.1) is 23.5 Å². The van der Waals surface area contributed by atoms with Gasteiger partial charge in [-0.3, -0.25) is 4.68 Å². The molecule has 1 aromatic heterocycles. The second-order valence-corrected chi connectivity index (χ2v) is 3.79. The molecular weight excluding hydrogens is 238 g/mol. The highest BCUT2D eigenvalue weighted by Gasteiger charge is 2.11. The second-order valence-electron chi connectivity index (χ2n) is 3.79. The number of anilines is 1. The van der Waals surface area contributed by atoms with Gasteiger partial charge < -0.3 is 5.32 Å². The molecule has 92 valence electrons. The molecule has 0 spiro atoms. The van der Waals surface area contributed by atoms with E-state index in [0.717, 1.165) is 12.1 Å². The summed E-state index contributed by atoms with van der Waals surface area (Å²) in [5.41, 5.74) is 0.536. The molecule has 2 aromatic rings. The Morgan fingerprint density at radius 1 is 1.39 bits per heavy atom. The van der Waals surface area contributed by atoms with Crippen LogP contribution >= 0.6 is 0 Å². The minimum Gasteiger partial charge on any atom is -0.378 e. The van der Waals surface area contributed by atoms with Crippen LogP contribution in [0.2, 0.25) is 0 Å². The smallest absolute Gasteiger partial charge is 0.132 e. The second kappa shape index (κ2) is 4.84. The van der Waals surface area contributed by atoms with Crippen molar-refractivity contribution >= 4 is 5.69 Å². The third kappa shape index (κ3) is 2.46. The van der Waals surface area contributed by atoms with Crippen LogP contribution in [0.1, 0.15) is 11.1 Å². The van der Waals surface area contributed by atoms with Gasteiger partial charge in [-0.15, -0.1) is 0 Å². The first-order chi connectivity index (χ1) is 8.60. The van der Waals surface area contributed by atoms with Crippen molar-refractivity contribution in [1.82, 2.24) is 9.78 Å². The van der Waals surface area contributed by atoms with Crippen molar-refractivity contribution in [1.29, 1.82) is 5.26 Å².